The van der Waals surface area contributed by atoms with Crippen molar-refractivity contribution in [1.29, 1.82) is 0 Å². The minimum absolute atomic E-state index is 0.121. The van der Waals surface area contributed by atoms with Gasteiger partial charge in [-0.05, 0) is 67.3 Å². The van der Waals surface area contributed by atoms with E-state index in [4.69, 9.17) is 4.74 Å². The Balaban J connectivity index is 1.30. The van der Waals surface area contributed by atoms with Crippen molar-refractivity contribution in [3.05, 3.63) is 46.7 Å². The molecule has 1 aliphatic heterocycles. The molecule has 1 saturated heterocycles. The van der Waals surface area contributed by atoms with Crippen LogP contribution in [0.5, 0.6) is 0 Å². The molecule has 3 heterocycles. The zero-order chi connectivity index (χ0) is 23.5. The number of aromatic nitrogens is 2. The minimum Gasteiger partial charge on any atom is -0.451 e. The number of esters is 1. The number of hydrogen-bond donors (Lipinski definition) is 0. The van der Waals surface area contributed by atoms with E-state index in [0.717, 1.165) is 41.7 Å². The highest BCUT2D eigenvalue weighted by Gasteiger charge is 2.50. The van der Waals surface area contributed by atoms with E-state index in [1.165, 1.54) is 23.5 Å². The first-order chi connectivity index (χ1) is 15.5. The zero-order valence-corrected chi connectivity index (χ0v) is 20.2. The van der Waals surface area contributed by atoms with Gasteiger partial charge in [0.2, 0.25) is 0 Å². The number of ether oxygens (including phenoxy) is 1. The van der Waals surface area contributed by atoms with Crippen molar-refractivity contribution in [3.63, 3.8) is 0 Å². The van der Waals surface area contributed by atoms with Crippen LogP contribution in [-0.4, -0.2) is 45.8 Å². The average Bonchev–Trinajstić information content (AvgIpc) is 3.37. The number of amides is 1. The molecule has 3 aromatic rings. The number of carbonyl (C=O) groups excluding carboxylic acids is 2. The Morgan fingerprint density at radius 1 is 1.21 bits per heavy atom. The molecule has 6 nitrogen and oxygen atoms in total. The van der Waals surface area contributed by atoms with Gasteiger partial charge in [0.1, 0.15) is 15.5 Å². The Bertz CT molecular complexity index is 1250. The lowest BCUT2D eigenvalue weighted by Crippen LogP contribution is -2.39. The quantitative estimate of drug-likeness (QED) is 0.498. The zero-order valence-electron chi connectivity index (χ0n) is 19.4. The Labute approximate surface area is 196 Å². The Hall–Kier alpha value is -2.74. The van der Waals surface area contributed by atoms with Crippen LogP contribution in [0.2, 0.25) is 0 Å². The number of nitrogens with zero attached hydrogens (tertiary/aromatic N) is 3. The fraction of sp³-hybridized carbons (Fsp3) is 0.480. The number of hydrogen-bond acceptors (Lipinski definition) is 5. The largest absolute Gasteiger partial charge is 0.451 e. The molecule has 1 aromatic carbocycles. The van der Waals surface area contributed by atoms with Crippen molar-refractivity contribution in [2.24, 2.45) is 10.8 Å². The van der Waals surface area contributed by atoms with Gasteiger partial charge in [-0.15, -0.1) is 11.3 Å². The maximum absolute atomic E-state index is 13.3. The summed E-state index contributed by atoms with van der Waals surface area (Å²) in [6.45, 7) is 9.13. The van der Waals surface area contributed by atoms with Gasteiger partial charge in [0.15, 0.2) is 6.61 Å². The number of rotatable bonds is 4. The fourth-order valence-corrected chi connectivity index (χ4v) is 7.01. The van der Waals surface area contributed by atoms with Gasteiger partial charge in [-0.25, -0.2) is 13.9 Å². The lowest BCUT2D eigenvalue weighted by Gasteiger charge is -2.39. The van der Waals surface area contributed by atoms with Gasteiger partial charge >= 0.3 is 5.97 Å². The summed E-state index contributed by atoms with van der Waals surface area (Å²) in [7, 11) is 0. The van der Waals surface area contributed by atoms with Crippen LogP contribution in [0.1, 0.15) is 55.4 Å². The summed E-state index contributed by atoms with van der Waals surface area (Å²) in [4.78, 5) is 28.8. The van der Waals surface area contributed by atoms with Crippen LogP contribution in [0.4, 0.5) is 4.39 Å². The van der Waals surface area contributed by atoms with Gasteiger partial charge in [-0.2, -0.15) is 5.10 Å². The highest BCUT2D eigenvalue weighted by molar-refractivity contribution is 7.20. The second-order valence-electron chi connectivity index (χ2n) is 10.6. The molecular weight excluding hydrogens is 441 g/mol. The maximum atomic E-state index is 13.3. The lowest BCUT2D eigenvalue weighted by atomic mass is 9.65. The molecule has 33 heavy (non-hydrogen) atoms. The summed E-state index contributed by atoms with van der Waals surface area (Å²) < 4.78 is 20.4. The third-order valence-electron chi connectivity index (χ3n) is 6.88. The summed E-state index contributed by atoms with van der Waals surface area (Å²) in [5, 5.41) is 5.36. The molecule has 2 aliphatic rings. The molecule has 5 rings (SSSR count). The smallest absolute Gasteiger partial charge is 0.348 e. The molecule has 1 amide bonds. The standard InChI is InChI=1S/C25H28FN3O3S/c1-15-19-9-20(33-22(19)29(27-15)17-7-5-16(26)6-8-17)23(31)32-12-21(30)28-14-25(4)11-18(28)10-24(2,3)13-25/h5-9,18H,10-14H2,1-4H3/t18-,25-/m1/s1. The number of likely N-dealkylation sites (tertiary alicyclic amines) is 1. The van der Waals surface area contributed by atoms with Crippen LogP contribution in [0.25, 0.3) is 15.9 Å². The summed E-state index contributed by atoms with van der Waals surface area (Å²) in [6, 6.07) is 8.01. The van der Waals surface area contributed by atoms with Crippen molar-refractivity contribution in [1.82, 2.24) is 14.7 Å². The van der Waals surface area contributed by atoms with Gasteiger partial charge in [0.25, 0.3) is 5.91 Å². The molecule has 2 fully saturated rings. The summed E-state index contributed by atoms with van der Waals surface area (Å²) in [5.74, 6) is -0.952. The molecule has 0 N–H and O–H groups in total. The highest BCUT2D eigenvalue weighted by atomic mass is 32.1. The lowest BCUT2D eigenvalue weighted by molar-refractivity contribution is -0.135. The molecule has 0 radical (unpaired) electrons. The van der Waals surface area contributed by atoms with Crippen molar-refractivity contribution in [2.45, 2.75) is 53.0 Å². The van der Waals surface area contributed by atoms with E-state index in [9.17, 15) is 14.0 Å². The molecule has 1 saturated carbocycles. The van der Waals surface area contributed by atoms with Crippen LogP contribution >= 0.6 is 11.3 Å². The fourth-order valence-electron chi connectivity index (χ4n) is 5.94. The molecule has 0 unspecified atom stereocenters. The highest BCUT2D eigenvalue weighted by Crippen LogP contribution is 2.52. The third-order valence-corrected chi connectivity index (χ3v) is 7.97. The maximum Gasteiger partial charge on any atom is 0.348 e. The average molecular weight is 470 g/mol. The van der Waals surface area contributed by atoms with Crippen LogP contribution < -0.4 is 0 Å². The second kappa shape index (κ2) is 7.65. The molecular formula is C25H28FN3O3S. The number of aryl methyl sites for hydroxylation is 1. The summed E-state index contributed by atoms with van der Waals surface area (Å²) in [6.07, 6.45) is 3.11. The monoisotopic (exact) mass is 469 g/mol. The molecule has 2 bridgehead atoms. The van der Waals surface area contributed by atoms with Crippen LogP contribution in [0, 0.1) is 23.6 Å². The molecule has 174 valence electrons. The first-order valence-corrected chi connectivity index (χ1v) is 12.1. The number of thiophene rings is 1. The summed E-state index contributed by atoms with van der Waals surface area (Å²) >= 11 is 1.26. The van der Waals surface area contributed by atoms with E-state index in [2.05, 4.69) is 25.9 Å². The van der Waals surface area contributed by atoms with E-state index in [-0.39, 0.29) is 35.2 Å². The van der Waals surface area contributed by atoms with E-state index in [0.29, 0.717) is 10.6 Å². The van der Waals surface area contributed by atoms with E-state index >= 15 is 0 Å². The van der Waals surface area contributed by atoms with E-state index in [1.807, 2.05) is 11.8 Å². The second-order valence-corrected chi connectivity index (χ2v) is 11.6. The van der Waals surface area contributed by atoms with Crippen molar-refractivity contribution < 1.29 is 18.7 Å². The molecule has 2 atom stereocenters. The van der Waals surface area contributed by atoms with Gasteiger partial charge in [0.05, 0.1) is 11.4 Å². The molecule has 8 heteroatoms. The van der Waals surface area contributed by atoms with Crippen LogP contribution in [0.15, 0.2) is 30.3 Å². The third kappa shape index (κ3) is 4.05. The van der Waals surface area contributed by atoms with Gasteiger partial charge < -0.3 is 9.64 Å². The Kier molecular flexibility index (Phi) is 5.12. The number of benzene rings is 1. The minimum atomic E-state index is -0.511. The first-order valence-electron chi connectivity index (χ1n) is 11.3. The molecule has 2 aromatic heterocycles. The van der Waals surface area contributed by atoms with Crippen molar-refractivity contribution in [3.8, 4) is 5.69 Å². The first kappa shape index (κ1) is 22.1. The molecule has 0 spiro atoms. The van der Waals surface area contributed by atoms with Gasteiger partial charge in [-0.3, -0.25) is 4.79 Å². The van der Waals surface area contributed by atoms with Gasteiger partial charge in [0, 0.05) is 18.0 Å². The number of carbonyl (C=O) groups is 2. The van der Waals surface area contributed by atoms with E-state index < -0.39 is 5.97 Å². The number of halogens is 1. The Morgan fingerprint density at radius 3 is 2.67 bits per heavy atom. The summed E-state index contributed by atoms with van der Waals surface area (Å²) in [5.41, 5.74) is 1.84. The molecule has 1 aliphatic carbocycles. The predicted molar refractivity (Wildman–Crippen MR) is 125 cm³/mol. The number of fused-ring (bicyclic) bond motifs is 3. The van der Waals surface area contributed by atoms with Crippen molar-refractivity contribution in [2.75, 3.05) is 13.2 Å². The van der Waals surface area contributed by atoms with Crippen molar-refractivity contribution >= 4 is 33.4 Å². The van der Waals surface area contributed by atoms with Gasteiger partial charge in [-0.1, -0.05) is 20.8 Å². The van der Waals surface area contributed by atoms with Crippen LogP contribution in [0.3, 0.4) is 0 Å². The predicted octanol–water partition coefficient (Wildman–Crippen LogP) is 5.12. The van der Waals surface area contributed by atoms with Crippen LogP contribution in [-0.2, 0) is 9.53 Å². The topological polar surface area (TPSA) is 64.4 Å². The Morgan fingerprint density at radius 2 is 1.94 bits per heavy atom. The van der Waals surface area contributed by atoms with E-state index in [1.54, 1.807) is 22.9 Å². The normalized spacial score (nSPS) is 23.8. The SMILES string of the molecule is Cc1nn(-c2ccc(F)cc2)c2sc(C(=O)OCC(=O)N3C[C@]4(C)C[C@H]3CC(C)(C)C4)cc12.